The van der Waals surface area contributed by atoms with Crippen molar-refractivity contribution in [2.24, 2.45) is 0 Å². The van der Waals surface area contributed by atoms with E-state index in [0.29, 0.717) is 28.0 Å². The Morgan fingerprint density at radius 1 is 1.08 bits per heavy atom. The molecule has 26 heavy (non-hydrogen) atoms. The molecule has 0 aliphatic carbocycles. The summed E-state index contributed by atoms with van der Waals surface area (Å²) in [6.07, 6.45) is 1.02. The van der Waals surface area contributed by atoms with Crippen molar-refractivity contribution in [1.82, 2.24) is 9.97 Å². The molecular weight excluding hydrogens is 343 g/mol. The van der Waals surface area contributed by atoms with Crippen LogP contribution in [0.2, 0.25) is 0 Å². The minimum absolute atomic E-state index is 0.0751. The van der Waals surface area contributed by atoms with E-state index in [1.54, 1.807) is 12.1 Å². The van der Waals surface area contributed by atoms with Crippen molar-refractivity contribution < 1.29 is 28.5 Å². The van der Waals surface area contributed by atoms with Crippen LogP contribution in [0.25, 0.3) is 10.9 Å². The topological polar surface area (TPSA) is 90.8 Å². The number of methoxy groups -OCH3 is 2. The van der Waals surface area contributed by atoms with Crippen molar-refractivity contribution >= 4 is 16.9 Å². The smallest absolute Gasteiger partial charge is 0.307 e. The maximum atomic E-state index is 14.2. The van der Waals surface area contributed by atoms with Crippen LogP contribution < -0.4 is 14.2 Å². The number of fused-ring (bicyclic) bond motifs is 1. The highest BCUT2D eigenvalue weighted by molar-refractivity contribution is 5.87. The van der Waals surface area contributed by atoms with E-state index in [1.165, 1.54) is 32.7 Å². The Labute approximate surface area is 148 Å². The van der Waals surface area contributed by atoms with Crippen molar-refractivity contribution in [3.05, 3.63) is 48.0 Å². The highest BCUT2D eigenvalue weighted by Gasteiger charge is 2.14. The fourth-order valence-electron chi connectivity index (χ4n) is 2.46. The summed E-state index contributed by atoms with van der Waals surface area (Å²) in [5.41, 5.74) is 0.872. The van der Waals surface area contributed by atoms with Crippen molar-refractivity contribution in [2.45, 2.75) is 6.42 Å². The highest BCUT2D eigenvalue weighted by Crippen LogP contribution is 2.36. The Morgan fingerprint density at radius 2 is 1.81 bits per heavy atom. The van der Waals surface area contributed by atoms with Gasteiger partial charge in [-0.15, -0.1) is 0 Å². The number of aliphatic carboxylic acids is 1. The molecule has 0 saturated heterocycles. The van der Waals surface area contributed by atoms with Gasteiger partial charge in [-0.25, -0.2) is 14.4 Å². The Morgan fingerprint density at radius 3 is 2.46 bits per heavy atom. The largest absolute Gasteiger partial charge is 0.493 e. The number of hydrogen-bond donors (Lipinski definition) is 1. The van der Waals surface area contributed by atoms with Crippen LogP contribution in [-0.4, -0.2) is 35.3 Å². The first-order chi connectivity index (χ1) is 12.5. The van der Waals surface area contributed by atoms with Gasteiger partial charge in [-0.05, 0) is 23.8 Å². The molecule has 3 rings (SSSR count). The van der Waals surface area contributed by atoms with Gasteiger partial charge in [-0.2, -0.15) is 0 Å². The third-order valence-corrected chi connectivity index (χ3v) is 3.66. The lowest BCUT2D eigenvalue weighted by molar-refractivity contribution is -0.136. The van der Waals surface area contributed by atoms with Crippen molar-refractivity contribution in [3.8, 4) is 23.1 Å². The second-order valence-corrected chi connectivity index (χ2v) is 5.34. The minimum Gasteiger partial charge on any atom is -0.493 e. The molecule has 0 amide bonds. The molecule has 0 aliphatic rings. The number of carboxylic acid groups (broad SMARTS) is 1. The lowest BCUT2D eigenvalue weighted by atomic mass is 10.1. The molecule has 0 spiro atoms. The second-order valence-electron chi connectivity index (χ2n) is 5.34. The zero-order chi connectivity index (χ0) is 18.7. The summed E-state index contributed by atoms with van der Waals surface area (Å²) in [4.78, 5) is 18.9. The molecule has 0 radical (unpaired) electrons. The molecular formula is C18H15FN2O5. The number of nitrogens with zero attached hydrogens (tertiary/aromatic N) is 2. The molecule has 134 valence electrons. The number of aromatic nitrogens is 2. The number of benzene rings is 2. The normalized spacial score (nSPS) is 10.6. The molecule has 8 heteroatoms. The fraction of sp³-hybridized carbons (Fsp3) is 0.167. The molecule has 0 unspecified atom stereocenters. The molecule has 2 aromatic carbocycles. The monoisotopic (exact) mass is 358 g/mol. The molecule has 0 aliphatic heterocycles. The molecule has 7 nitrogen and oxygen atoms in total. The van der Waals surface area contributed by atoms with E-state index in [1.807, 2.05) is 0 Å². The molecule has 3 aromatic rings. The van der Waals surface area contributed by atoms with E-state index in [0.717, 1.165) is 6.07 Å². The van der Waals surface area contributed by atoms with Crippen LogP contribution in [0, 0.1) is 5.82 Å². The number of carboxylic acids is 1. The third kappa shape index (κ3) is 3.49. The zero-order valence-electron chi connectivity index (χ0n) is 14.0. The first-order valence-corrected chi connectivity index (χ1v) is 7.56. The van der Waals surface area contributed by atoms with Crippen molar-refractivity contribution in [2.75, 3.05) is 14.2 Å². The summed E-state index contributed by atoms with van der Waals surface area (Å²) >= 11 is 0. The van der Waals surface area contributed by atoms with Crippen LogP contribution in [0.1, 0.15) is 5.56 Å². The minimum atomic E-state index is -1.04. The van der Waals surface area contributed by atoms with Gasteiger partial charge in [0.25, 0.3) is 0 Å². The van der Waals surface area contributed by atoms with Gasteiger partial charge in [-0.3, -0.25) is 4.79 Å². The van der Waals surface area contributed by atoms with Gasteiger partial charge < -0.3 is 19.3 Å². The Kier molecular flexibility index (Phi) is 4.83. The van der Waals surface area contributed by atoms with Gasteiger partial charge in [0.15, 0.2) is 23.1 Å². The Hall–Kier alpha value is -3.42. The molecule has 0 fully saturated rings. The van der Waals surface area contributed by atoms with Gasteiger partial charge in [-0.1, -0.05) is 6.07 Å². The predicted octanol–water partition coefficient (Wildman–Crippen LogP) is 3.21. The van der Waals surface area contributed by atoms with Crippen LogP contribution in [-0.2, 0) is 11.2 Å². The maximum Gasteiger partial charge on any atom is 0.307 e. The summed E-state index contributed by atoms with van der Waals surface area (Å²) in [6.45, 7) is 0. The lowest BCUT2D eigenvalue weighted by Crippen LogP contribution is -2.01. The Bertz CT molecular complexity index is 977. The van der Waals surface area contributed by atoms with Crippen molar-refractivity contribution in [1.29, 1.82) is 0 Å². The quantitative estimate of drug-likeness (QED) is 0.723. The number of rotatable bonds is 6. The SMILES string of the molecule is COc1cc2ncnc(Oc3ccc(CC(=O)O)cc3F)c2cc1OC. The molecule has 0 atom stereocenters. The van der Waals surface area contributed by atoms with E-state index in [9.17, 15) is 9.18 Å². The van der Waals surface area contributed by atoms with Gasteiger partial charge in [0.2, 0.25) is 5.88 Å². The predicted molar refractivity (Wildman–Crippen MR) is 90.5 cm³/mol. The van der Waals surface area contributed by atoms with E-state index in [4.69, 9.17) is 19.3 Å². The lowest BCUT2D eigenvalue weighted by Gasteiger charge is -2.12. The summed E-state index contributed by atoms with van der Waals surface area (Å²) in [5.74, 6) is -0.711. The van der Waals surface area contributed by atoms with Gasteiger partial charge in [0, 0.05) is 6.07 Å². The van der Waals surface area contributed by atoms with Crippen LogP contribution >= 0.6 is 0 Å². The molecule has 0 bridgehead atoms. The van der Waals surface area contributed by atoms with Gasteiger partial charge in [0.1, 0.15) is 6.33 Å². The standard InChI is InChI=1S/C18H15FN2O5/c1-24-15-7-11-13(8-16(15)25-2)20-9-21-18(11)26-14-4-3-10(5-12(14)19)6-17(22)23/h3-5,7-9H,6H2,1-2H3,(H,22,23). The molecule has 1 N–H and O–H groups in total. The maximum absolute atomic E-state index is 14.2. The van der Waals surface area contributed by atoms with E-state index < -0.39 is 11.8 Å². The third-order valence-electron chi connectivity index (χ3n) is 3.66. The second kappa shape index (κ2) is 7.22. The molecule has 0 saturated carbocycles. The van der Waals surface area contributed by atoms with Gasteiger partial charge >= 0.3 is 5.97 Å². The summed E-state index contributed by atoms with van der Waals surface area (Å²) in [7, 11) is 3.01. The fourth-order valence-corrected chi connectivity index (χ4v) is 2.46. The molecule has 1 heterocycles. The summed E-state index contributed by atoms with van der Waals surface area (Å²) in [5, 5.41) is 9.29. The zero-order valence-corrected chi connectivity index (χ0v) is 14.0. The average molecular weight is 358 g/mol. The van der Waals surface area contributed by atoms with E-state index in [-0.39, 0.29) is 18.1 Å². The first-order valence-electron chi connectivity index (χ1n) is 7.56. The van der Waals surface area contributed by atoms with Crippen LogP contribution in [0.4, 0.5) is 4.39 Å². The van der Waals surface area contributed by atoms with Crippen LogP contribution in [0.5, 0.6) is 23.1 Å². The van der Waals surface area contributed by atoms with E-state index >= 15 is 0 Å². The van der Waals surface area contributed by atoms with E-state index in [2.05, 4.69) is 9.97 Å². The first kappa shape index (κ1) is 17.4. The summed E-state index contributed by atoms with van der Waals surface area (Å²) in [6, 6.07) is 7.27. The van der Waals surface area contributed by atoms with Gasteiger partial charge in [0.05, 0.1) is 31.5 Å². The number of hydrogen-bond acceptors (Lipinski definition) is 6. The summed E-state index contributed by atoms with van der Waals surface area (Å²) < 4.78 is 30.3. The Balaban J connectivity index is 1.99. The highest BCUT2D eigenvalue weighted by atomic mass is 19.1. The van der Waals surface area contributed by atoms with Crippen molar-refractivity contribution in [3.63, 3.8) is 0 Å². The van der Waals surface area contributed by atoms with Crippen LogP contribution in [0.3, 0.4) is 0 Å². The molecule has 1 aromatic heterocycles. The number of halogens is 1. The van der Waals surface area contributed by atoms with Crippen LogP contribution in [0.15, 0.2) is 36.7 Å². The number of ether oxygens (including phenoxy) is 3. The number of carbonyl (C=O) groups is 1. The average Bonchev–Trinajstić information content (AvgIpc) is 2.62.